The number of oxime groups is 1. The number of hydrogen-bond donors (Lipinski definition) is 3. The number of rotatable bonds is 7. The standard InChI is InChI=1S/C15H29N3O/c1-15(2,14(16)18-19)7-3-4-8-17-13-10-11-5-6-12(13)9-11/h11-13,17,19H,3-10H2,1-2H3,(H2,16,18). The molecular weight excluding hydrogens is 238 g/mol. The summed E-state index contributed by atoms with van der Waals surface area (Å²) >= 11 is 0. The molecule has 4 N–H and O–H groups in total. The molecule has 2 aliphatic carbocycles. The molecule has 2 saturated carbocycles. The topological polar surface area (TPSA) is 70.6 Å². The number of nitrogens with zero attached hydrogens (tertiary/aromatic N) is 1. The number of hydrogen-bond acceptors (Lipinski definition) is 3. The van der Waals surface area contributed by atoms with Crippen molar-refractivity contribution in [3.63, 3.8) is 0 Å². The number of amidine groups is 1. The van der Waals surface area contributed by atoms with Crippen LogP contribution in [0.1, 0.15) is 58.8 Å². The van der Waals surface area contributed by atoms with Gasteiger partial charge in [0.15, 0.2) is 0 Å². The lowest BCUT2D eigenvalue weighted by Gasteiger charge is -2.24. The highest BCUT2D eigenvalue weighted by Crippen LogP contribution is 2.44. The molecule has 0 radical (unpaired) electrons. The molecule has 0 heterocycles. The van der Waals surface area contributed by atoms with Crippen molar-refractivity contribution in [2.24, 2.45) is 28.1 Å². The first-order valence-corrected chi connectivity index (χ1v) is 7.74. The summed E-state index contributed by atoms with van der Waals surface area (Å²) in [5.74, 6) is 2.31. The van der Waals surface area contributed by atoms with Gasteiger partial charge in [-0.2, -0.15) is 0 Å². The molecule has 19 heavy (non-hydrogen) atoms. The van der Waals surface area contributed by atoms with Crippen molar-refractivity contribution in [3.8, 4) is 0 Å². The van der Waals surface area contributed by atoms with E-state index in [0.29, 0.717) is 5.84 Å². The van der Waals surface area contributed by atoms with Crippen LogP contribution in [0, 0.1) is 17.3 Å². The second-order valence-electron chi connectivity index (χ2n) is 7.06. The second-order valence-corrected chi connectivity index (χ2v) is 7.06. The van der Waals surface area contributed by atoms with Crippen molar-refractivity contribution in [2.45, 2.75) is 64.8 Å². The number of unbranched alkanes of at least 4 members (excludes halogenated alkanes) is 1. The molecule has 0 spiro atoms. The molecule has 3 unspecified atom stereocenters. The van der Waals surface area contributed by atoms with Crippen LogP contribution in [0.4, 0.5) is 0 Å². The number of fused-ring (bicyclic) bond motifs is 2. The smallest absolute Gasteiger partial charge is 0.144 e. The molecule has 0 aromatic carbocycles. The first-order chi connectivity index (χ1) is 9.03. The largest absolute Gasteiger partial charge is 0.409 e. The zero-order chi connectivity index (χ0) is 13.9. The van der Waals surface area contributed by atoms with Gasteiger partial charge in [0.1, 0.15) is 5.84 Å². The summed E-state index contributed by atoms with van der Waals surface area (Å²) in [6.07, 6.45) is 9.05. The molecule has 110 valence electrons. The lowest BCUT2D eigenvalue weighted by atomic mass is 9.86. The quantitative estimate of drug-likeness (QED) is 0.218. The summed E-state index contributed by atoms with van der Waals surface area (Å²) < 4.78 is 0. The van der Waals surface area contributed by atoms with Crippen molar-refractivity contribution in [1.82, 2.24) is 5.32 Å². The van der Waals surface area contributed by atoms with E-state index < -0.39 is 0 Å². The van der Waals surface area contributed by atoms with E-state index in [4.69, 9.17) is 10.9 Å². The Balaban J connectivity index is 1.58. The number of nitrogens with two attached hydrogens (primary N) is 1. The van der Waals surface area contributed by atoms with Crippen molar-refractivity contribution < 1.29 is 5.21 Å². The zero-order valence-electron chi connectivity index (χ0n) is 12.4. The van der Waals surface area contributed by atoms with Crippen molar-refractivity contribution in [3.05, 3.63) is 0 Å². The van der Waals surface area contributed by atoms with Crippen LogP contribution in [0.3, 0.4) is 0 Å². The van der Waals surface area contributed by atoms with Gasteiger partial charge in [0, 0.05) is 11.5 Å². The lowest BCUT2D eigenvalue weighted by Crippen LogP contribution is -2.35. The van der Waals surface area contributed by atoms with Gasteiger partial charge in [0.2, 0.25) is 0 Å². The van der Waals surface area contributed by atoms with Crippen molar-refractivity contribution >= 4 is 5.84 Å². The normalized spacial score (nSPS) is 31.1. The molecule has 2 rings (SSSR count). The molecule has 2 aliphatic rings. The van der Waals surface area contributed by atoms with Gasteiger partial charge in [-0.25, -0.2) is 0 Å². The molecule has 2 fully saturated rings. The molecule has 0 aromatic heterocycles. The fourth-order valence-corrected chi connectivity index (χ4v) is 3.74. The minimum Gasteiger partial charge on any atom is -0.409 e. The van der Waals surface area contributed by atoms with E-state index in [-0.39, 0.29) is 5.41 Å². The van der Waals surface area contributed by atoms with Crippen LogP contribution < -0.4 is 11.1 Å². The Hall–Kier alpha value is -0.770. The van der Waals surface area contributed by atoms with E-state index in [0.717, 1.165) is 37.3 Å². The lowest BCUT2D eigenvalue weighted by molar-refractivity contribution is 0.303. The Morgan fingerprint density at radius 2 is 2.11 bits per heavy atom. The van der Waals surface area contributed by atoms with Crippen LogP contribution in [0.5, 0.6) is 0 Å². The highest BCUT2D eigenvalue weighted by atomic mass is 16.4. The summed E-state index contributed by atoms with van der Waals surface area (Å²) in [5, 5.41) is 15.6. The van der Waals surface area contributed by atoms with E-state index >= 15 is 0 Å². The highest BCUT2D eigenvalue weighted by molar-refractivity contribution is 5.85. The van der Waals surface area contributed by atoms with Gasteiger partial charge >= 0.3 is 0 Å². The average molecular weight is 267 g/mol. The average Bonchev–Trinajstić information content (AvgIpc) is 2.99. The summed E-state index contributed by atoms with van der Waals surface area (Å²) in [5.41, 5.74) is 5.50. The van der Waals surface area contributed by atoms with Gasteiger partial charge < -0.3 is 16.3 Å². The molecule has 3 atom stereocenters. The summed E-state index contributed by atoms with van der Waals surface area (Å²) in [7, 11) is 0. The third kappa shape index (κ3) is 3.62. The van der Waals surface area contributed by atoms with Gasteiger partial charge in [0.05, 0.1) is 0 Å². The predicted molar refractivity (Wildman–Crippen MR) is 78.3 cm³/mol. The first-order valence-electron chi connectivity index (χ1n) is 7.74. The molecule has 2 bridgehead atoms. The maximum atomic E-state index is 8.73. The van der Waals surface area contributed by atoms with E-state index in [1.54, 1.807) is 0 Å². The maximum Gasteiger partial charge on any atom is 0.144 e. The van der Waals surface area contributed by atoms with E-state index in [2.05, 4.69) is 10.5 Å². The van der Waals surface area contributed by atoms with Crippen LogP contribution in [0.25, 0.3) is 0 Å². The van der Waals surface area contributed by atoms with Crippen LogP contribution in [0.2, 0.25) is 0 Å². The van der Waals surface area contributed by atoms with Crippen molar-refractivity contribution in [2.75, 3.05) is 6.54 Å². The molecule has 4 nitrogen and oxygen atoms in total. The SMILES string of the molecule is CC(C)(CCCCNC1CC2CCC1C2)C(N)=NO. The van der Waals surface area contributed by atoms with Crippen LogP contribution in [-0.2, 0) is 0 Å². The minimum atomic E-state index is -0.193. The second kappa shape index (κ2) is 6.12. The van der Waals surface area contributed by atoms with Gasteiger partial charge in [-0.3, -0.25) is 0 Å². The molecule has 0 saturated heterocycles. The van der Waals surface area contributed by atoms with Gasteiger partial charge in [0.25, 0.3) is 0 Å². The Kier molecular flexibility index (Phi) is 4.71. The molecule has 0 amide bonds. The van der Waals surface area contributed by atoms with Crippen LogP contribution in [0.15, 0.2) is 5.16 Å². The number of nitrogens with one attached hydrogen (secondary N) is 1. The summed E-state index contributed by atoms with van der Waals surface area (Å²) in [4.78, 5) is 0. The van der Waals surface area contributed by atoms with E-state index in [9.17, 15) is 0 Å². The third-order valence-electron chi connectivity index (χ3n) is 5.17. The summed E-state index contributed by atoms with van der Waals surface area (Å²) in [6, 6.07) is 0.788. The Bertz CT molecular complexity index is 327. The fourth-order valence-electron chi connectivity index (χ4n) is 3.74. The minimum absolute atomic E-state index is 0.193. The third-order valence-corrected chi connectivity index (χ3v) is 5.17. The zero-order valence-corrected chi connectivity index (χ0v) is 12.4. The first kappa shape index (κ1) is 14.6. The van der Waals surface area contributed by atoms with Crippen LogP contribution >= 0.6 is 0 Å². The van der Waals surface area contributed by atoms with E-state index in [1.807, 2.05) is 13.8 Å². The Labute approximate surface area is 116 Å². The van der Waals surface area contributed by atoms with Crippen molar-refractivity contribution in [1.29, 1.82) is 0 Å². The Morgan fingerprint density at radius 1 is 1.32 bits per heavy atom. The Morgan fingerprint density at radius 3 is 2.68 bits per heavy atom. The van der Waals surface area contributed by atoms with E-state index in [1.165, 1.54) is 32.1 Å². The monoisotopic (exact) mass is 267 g/mol. The van der Waals surface area contributed by atoms with Gasteiger partial charge in [-0.1, -0.05) is 31.8 Å². The summed E-state index contributed by atoms with van der Waals surface area (Å²) in [6.45, 7) is 5.18. The molecule has 0 aromatic rings. The fraction of sp³-hybridized carbons (Fsp3) is 0.933. The van der Waals surface area contributed by atoms with Crippen LogP contribution in [-0.4, -0.2) is 23.6 Å². The molecular formula is C15H29N3O. The van der Waals surface area contributed by atoms with Gasteiger partial charge in [-0.15, -0.1) is 0 Å². The maximum absolute atomic E-state index is 8.73. The predicted octanol–water partition coefficient (Wildman–Crippen LogP) is 2.71. The molecule has 0 aliphatic heterocycles. The molecule has 4 heteroatoms. The highest BCUT2D eigenvalue weighted by Gasteiger charge is 2.38. The van der Waals surface area contributed by atoms with Gasteiger partial charge in [-0.05, 0) is 50.5 Å².